The molecule has 0 spiro atoms. The normalized spacial score (nSPS) is 15.7. The predicted molar refractivity (Wildman–Crippen MR) is 90.0 cm³/mol. The van der Waals surface area contributed by atoms with Gasteiger partial charge in [-0.3, -0.25) is 4.79 Å². The number of H-pyrrole nitrogens is 2. The lowest BCUT2D eigenvalue weighted by atomic mass is 10.2. The number of rotatable bonds is 2. The highest BCUT2D eigenvalue weighted by molar-refractivity contribution is 5.93. The van der Waals surface area contributed by atoms with Crippen LogP contribution in [0.4, 0.5) is 18.9 Å². The number of imidazole rings is 1. The van der Waals surface area contributed by atoms with Gasteiger partial charge in [0.2, 0.25) is 0 Å². The number of hydrogen-bond donors (Lipinski definition) is 2. The van der Waals surface area contributed by atoms with E-state index in [0.717, 1.165) is 22.8 Å². The van der Waals surface area contributed by atoms with E-state index >= 15 is 0 Å². The van der Waals surface area contributed by atoms with Crippen LogP contribution in [0, 0.1) is 0 Å². The van der Waals surface area contributed by atoms with Crippen LogP contribution in [0.2, 0.25) is 0 Å². The Balaban J connectivity index is 1.46. The molecule has 1 aliphatic heterocycles. The molecule has 6 nitrogen and oxygen atoms in total. The first-order valence-electron chi connectivity index (χ1n) is 8.16. The first-order chi connectivity index (χ1) is 12.4. The molecule has 0 unspecified atom stereocenters. The van der Waals surface area contributed by atoms with Crippen molar-refractivity contribution in [3.05, 3.63) is 48.0 Å². The number of alkyl halides is 3. The van der Waals surface area contributed by atoms with E-state index < -0.39 is 17.8 Å². The van der Waals surface area contributed by atoms with Gasteiger partial charge in [-0.05, 0) is 24.3 Å². The first-order valence-corrected chi connectivity index (χ1v) is 8.16. The molecule has 0 radical (unpaired) electrons. The lowest BCUT2D eigenvalue weighted by Crippen LogP contribution is -2.49. The average Bonchev–Trinajstić information content (AvgIpc) is 3.30. The molecule has 0 atom stereocenters. The standard InChI is InChI=1S/C17H16F3N5O/c18-17(19,20)14-5-4-12(23-14)16(26)25-8-6-24(7-9-25)13-3-1-2-11-15(13)22-10-21-11/h1-5,10,23H,6-9H2,(H,21,22). The molecule has 0 bridgehead atoms. The smallest absolute Gasteiger partial charge is 0.366 e. The Labute approximate surface area is 146 Å². The van der Waals surface area contributed by atoms with Gasteiger partial charge in [-0.2, -0.15) is 13.2 Å². The number of halogens is 3. The summed E-state index contributed by atoms with van der Waals surface area (Å²) in [6.07, 6.45) is -2.85. The fourth-order valence-electron chi connectivity index (χ4n) is 3.21. The average molecular weight is 363 g/mol. The van der Waals surface area contributed by atoms with Crippen molar-refractivity contribution in [2.75, 3.05) is 31.1 Å². The van der Waals surface area contributed by atoms with Gasteiger partial charge in [-0.1, -0.05) is 6.07 Å². The third-order valence-electron chi connectivity index (χ3n) is 4.56. The number of benzene rings is 1. The van der Waals surface area contributed by atoms with Crippen LogP contribution in [0.5, 0.6) is 0 Å². The molecule has 1 amide bonds. The number of nitrogens with one attached hydrogen (secondary N) is 2. The van der Waals surface area contributed by atoms with Gasteiger partial charge in [0, 0.05) is 26.2 Å². The molecular formula is C17H16F3N5O. The van der Waals surface area contributed by atoms with Crippen LogP contribution in [0.1, 0.15) is 16.2 Å². The maximum Gasteiger partial charge on any atom is 0.431 e. The maximum absolute atomic E-state index is 12.7. The van der Waals surface area contributed by atoms with Crippen molar-refractivity contribution in [1.29, 1.82) is 0 Å². The van der Waals surface area contributed by atoms with Crippen molar-refractivity contribution < 1.29 is 18.0 Å². The summed E-state index contributed by atoms with van der Waals surface area (Å²) in [5.74, 6) is -0.418. The van der Waals surface area contributed by atoms with Crippen LogP contribution in [0.3, 0.4) is 0 Å². The molecule has 1 fully saturated rings. The number of carbonyl (C=O) groups excluding carboxylic acids is 1. The minimum atomic E-state index is -4.49. The largest absolute Gasteiger partial charge is 0.431 e. The maximum atomic E-state index is 12.7. The summed E-state index contributed by atoms with van der Waals surface area (Å²) in [5.41, 5.74) is 1.83. The Bertz CT molecular complexity index is 937. The zero-order chi connectivity index (χ0) is 18.3. The van der Waals surface area contributed by atoms with Gasteiger partial charge in [0.1, 0.15) is 16.9 Å². The van der Waals surface area contributed by atoms with E-state index in [1.165, 1.54) is 6.07 Å². The molecule has 2 N–H and O–H groups in total. The molecule has 136 valence electrons. The van der Waals surface area contributed by atoms with Gasteiger partial charge in [-0.15, -0.1) is 0 Å². The van der Waals surface area contributed by atoms with E-state index in [-0.39, 0.29) is 5.69 Å². The quantitative estimate of drug-likeness (QED) is 0.736. The number of nitrogens with zero attached hydrogens (tertiary/aromatic N) is 3. The molecule has 1 saturated heterocycles. The zero-order valence-corrected chi connectivity index (χ0v) is 13.7. The fourth-order valence-corrected chi connectivity index (χ4v) is 3.21. The first kappa shape index (κ1) is 16.5. The Morgan fingerprint density at radius 3 is 2.54 bits per heavy atom. The SMILES string of the molecule is O=C(c1ccc(C(F)(F)F)[nH]1)N1CCN(c2cccc3[nH]cnc23)CC1. The monoisotopic (exact) mass is 363 g/mol. The summed E-state index contributed by atoms with van der Waals surface area (Å²) in [4.78, 5) is 25.7. The van der Waals surface area contributed by atoms with E-state index in [4.69, 9.17) is 0 Å². The van der Waals surface area contributed by atoms with Crippen LogP contribution in [-0.4, -0.2) is 51.9 Å². The zero-order valence-electron chi connectivity index (χ0n) is 13.7. The van der Waals surface area contributed by atoms with Gasteiger partial charge in [-0.25, -0.2) is 4.98 Å². The number of anilines is 1. The second kappa shape index (κ2) is 6.08. The molecule has 1 aliphatic rings. The van der Waals surface area contributed by atoms with Crippen LogP contribution < -0.4 is 4.90 Å². The lowest BCUT2D eigenvalue weighted by molar-refractivity contribution is -0.140. The van der Waals surface area contributed by atoms with Crippen molar-refractivity contribution in [2.24, 2.45) is 0 Å². The van der Waals surface area contributed by atoms with E-state index in [1.54, 1.807) is 11.2 Å². The topological polar surface area (TPSA) is 68.0 Å². The minimum absolute atomic E-state index is 0.0415. The third kappa shape index (κ3) is 2.89. The summed E-state index contributed by atoms with van der Waals surface area (Å²) >= 11 is 0. The van der Waals surface area contributed by atoms with Crippen LogP contribution >= 0.6 is 0 Å². The summed E-state index contributed by atoms with van der Waals surface area (Å²) in [6.45, 7) is 2.04. The summed E-state index contributed by atoms with van der Waals surface area (Å²) < 4.78 is 38.0. The fraction of sp³-hybridized carbons (Fsp3) is 0.294. The highest BCUT2D eigenvalue weighted by Crippen LogP contribution is 2.29. The molecule has 1 aromatic carbocycles. The van der Waals surface area contributed by atoms with Crippen LogP contribution in [0.25, 0.3) is 11.0 Å². The van der Waals surface area contributed by atoms with Crippen molar-refractivity contribution >= 4 is 22.6 Å². The highest BCUT2D eigenvalue weighted by Gasteiger charge is 2.33. The number of piperazine rings is 1. The number of amides is 1. The Kier molecular flexibility index (Phi) is 3.86. The molecule has 0 aliphatic carbocycles. The van der Waals surface area contributed by atoms with E-state index in [9.17, 15) is 18.0 Å². The van der Waals surface area contributed by atoms with E-state index in [1.807, 2.05) is 18.2 Å². The van der Waals surface area contributed by atoms with Gasteiger partial charge >= 0.3 is 6.18 Å². The summed E-state index contributed by atoms with van der Waals surface area (Å²) in [5, 5.41) is 0. The number of para-hydroxylation sites is 1. The lowest BCUT2D eigenvalue weighted by Gasteiger charge is -2.36. The number of fused-ring (bicyclic) bond motifs is 1. The molecule has 3 heterocycles. The van der Waals surface area contributed by atoms with Gasteiger partial charge in [0.25, 0.3) is 5.91 Å². The third-order valence-corrected chi connectivity index (χ3v) is 4.56. The Morgan fingerprint density at radius 1 is 1.08 bits per heavy atom. The van der Waals surface area contributed by atoms with Crippen LogP contribution in [0.15, 0.2) is 36.7 Å². The molecule has 2 aromatic heterocycles. The number of carbonyl (C=O) groups is 1. The molecule has 4 rings (SSSR count). The molecule has 3 aromatic rings. The van der Waals surface area contributed by atoms with Crippen molar-refractivity contribution in [2.45, 2.75) is 6.18 Å². The molecule has 0 saturated carbocycles. The van der Waals surface area contributed by atoms with Crippen molar-refractivity contribution in [3.8, 4) is 0 Å². The van der Waals surface area contributed by atoms with Gasteiger partial charge in [0.05, 0.1) is 17.5 Å². The van der Waals surface area contributed by atoms with Crippen LogP contribution in [-0.2, 0) is 6.18 Å². The number of aromatic amines is 2. The van der Waals surface area contributed by atoms with Gasteiger partial charge < -0.3 is 19.8 Å². The molecular weight excluding hydrogens is 347 g/mol. The summed E-state index contributed by atoms with van der Waals surface area (Å²) in [7, 11) is 0. The number of hydrogen-bond acceptors (Lipinski definition) is 3. The second-order valence-electron chi connectivity index (χ2n) is 6.14. The van der Waals surface area contributed by atoms with Gasteiger partial charge in [0.15, 0.2) is 0 Å². The van der Waals surface area contributed by atoms with E-state index in [2.05, 4.69) is 19.9 Å². The van der Waals surface area contributed by atoms with Crippen molar-refractivity contribution in [1.82, 2.24) is 19.9 Å². The second-order valence-corrected chi connectivity index (χ2v) is 6.14. The highest BCUT2D eigenvalue weighted by atomic mass is 19.4. The van der Waals surface area contributed by atoms with E-state index in [0.29, 0.717) is 26.2 Å². The predicted octanol–water partition coefficient (Wildman–Crippen LogP) is 2.87. The minimum Gasteiger partial charge on any atom is -0.366 e. The Hall–Kier alpha value is -2.97. The summed E-state index contributed by atoms with van der Waals surface area (Å²) in [6, 6.07) is 7.92. The van der Waals surface area contributed by atoms with Crippen molar-refractivity contribution in [3.63, 3.8) is 0 Å². The molecule has 26 heavy (non-hydrogen) atoms. The number of aromatic nitrogens is 3. The Morgan fingerprint density at radius 2 is 1.85 bits per heavy atom. The molecule has 9 heteroatoms.